The summed E-state index contributed by atoms with van der Waals surface area (Å²) in [5.41, 5.74) is 6.43. The minimum absolute atomic E-state index is 0.171. The Morgan fingerprint density at radius 1 is 1.72 bits per heavy atom. The summed E-state index contributed by atoms with van der Waals surface area (Å²) in [6.45, 7) is 3.38. The van der Waals surface area contributed by atoms with E-state index in [1.807, 2.05) is 12.1 Å². The number of morpholine rings is 1. The number of ether oxygens (including phenoxy) is 1. The van der Waals surface area contributed by atoms with E-state index in [2.05, 4.69) is 22.2 Å². The first-order valence-corrected chi connectivity index (χ1v) is 6.36. The van der Waals surface area contributed by atoms with Gasteiger partial charge in [0.15, 0.2) is 0 Å². The molecule has 0 amide bonds. The SMILES string of the molecule is CN1CCOC(CNc2ncccc2C(N)=S)C1. The van der Waals surface area contributed by atoms with Crippen LogP contribution in [0.4, 0.5) is 5.82 Å². The third kappa shape index (κ3) is 3.38. The van der Waals surface area contributed by atoms with Crippen molar-refractivity contribution in [1.82, 2.24) is 9.88 Å². The minimum atomic E-state index is 0.171. The highest BCUT2D eigenvalue weighted by Gasteiger charge is 2.18. The standard InChI is InChI=1S/C12H18N4OS/c1-16-5-6-17-9(8-16)7-15-12-10(11(13)18)3-2-4-14-12/h2-4,9H,5-8H2,1H3,(H2,13,18)(H,14,15). The Morgan fingerprint density at radius 2 is 2.56 bits per heavy atom. The first-order valence-electron chi connectivity index (χ1n) is 5.95. The van der Waals surface area contributed by atoms with Gasteiger partial charge in [0.25, 0.3) is 0 Å². The van der Waals surface area contributed by atoms with Crippen LogP contribution in [0.5, 0.6) is 0 Å². The summed E-state index contributed by atoms with van der Waals surface area (Å²) in [5.74, 6) is 0.724. The van der Waals surface area contributed by atoms with Crippen LogP contribution in [0.25, 0.3) is 0 Å². The number of pyridine rings is 1. The molecule has 2 heterocycles. The fourth-order valence-corrected chi connectivity index (χ4v) is 2.11. The number of hydrogen-bond acceptors (Lipinski definition) is 5. The van der Waals surface area contributed by atoms with Gasteiger partial charge in [0.1, 0.15) is 10.8 Å². The molecule has 3 N–H and O–H groups in total. The second kappa shape index (κ2) is 6.08. The van der Waals surface area contributed by atoms with E-state index in [1.165, 1.54) is 0 Å². The summed E-state index contributed by atoms with van der Waals surface area (Å²) in [5, 5.41) is 3.25. The molecule has 1 aliphatic heterocycles. The van der Waals surface area contributed by atoms with Gasteiger partial charge in [-0.2, -0.15) is 0 Å². The molecule has 1 atom stereocenters. The Kier molecular flexibility index (Phi) is 4.46. The Bertz CT molecular complexity index is 426. The van der Waals surface area contributed by atoms with Gasteiger partial charge in [-0.25, -0.2) is 4.98 Å². The van der Waals surface area contributed by atoms with Crippen LogP contribution in [0.1, 0.15) is 5.56 Å². The summed E-state index contributed by atoms with van der Waals surface area (Å²) in [6, 6.07) is 3.69. The molecule has 1 saturated heterocycles. The molecule has 1 fully saturated rings. The van der Waals surface area contributed by atoms with Crippen LogP contribution < -0.4 is 11.1 Å². The molecule has 0 spiro atoms. The van der Waals surface area contributed by atoms with E-state index < -0.39 is 0 Å². The van der Waals surface area contributed by atoms with Gasteiger partial charge in [-0.3, -0.25) is 0 Å². The number of rotatable bonds is 4. The lowest BCUT2D eigenvalue weighted by Gasteiger charge is -2.30. The van der Waals surface area contributed by atoms with E-state index in [0.717, 1.165) is 31.1 Å². The fraction of sp³-hybridized carbons (Fsp3) is 0.500. The maximum atomic E-state index is 5.67. The van der Waals surface area contributed by atoms with E-state index in [1.54, 1.807) is 6.20 Å². The number of anilines is 1. The van der Waals surface area contributed by atoms with Crippen LogP contribution >= 0.6 is 12.2 Å². The highest BCUT2D eigenvalue weighted by molar-refractivity contribution is 7.80. The van der Waals surface area contributed by atoms with Gasteiger partial charge < -0.3 is 20.7 Å². The molecule has 0 bridgehead atoms. The van der Waals surface area contributed by atoms with Gasteiger partial charge in [-0.1, -0.05) is 12.2 Å². The van der Waals surface area contributed by atoms with Gasteiger partial charge >= 0.3 is 0 Å². The summed E-state index contributed by atoms with van der Waals surface area (Å²) in [7, 11) is 2.09. The van der Waals surface area contributed by atoms with Crippen molar-refractivity contribution < 1.29 is 4.74 Å². The highest BCUT2D eigenvalue weighted by atomic mass is 32.1. The van der Waals surface area contributed by atoms with Gasteiger partial charge in [0, 0.05) is 25.8 Å². The van der Waals surface area contributed by atoms with E-state index >= 15 is 0 Å². The quantitative estimate of drug-likeness (QED) is 0.772. The lowest BCUT2D eigenvalue weighted by atomic mass is 10.2. The van der Waals surface area contributed by atoms with E-state index in [0.29, 0.717) is 11.5 Å². The largest absolute Gasteiger partial charge is 0.389 e. The maximum Gasteiger partial charge on any atom is 0.136 e. The first-order chi connectivity index (χ1) is 8.66. The van der Waals surface area contributed by atoms with Crippen LogP contribution in [0, 0.1) is 0 Å². The molecule has 0 saturated carbocycles. The molecule has 5 nitrogen and oxygen atoms in total. The lowest BCUT2D eigenvalue weighted by Crippen LogP contribution is -2.43. The normalized spacial score (nSPS) is 20.6. The fourth-order valence-electron chi connectivity index (χ4n) is 1.95. The number of nitrogens with two attached hydrogens (primary N) is 1. The van der Waals surface area contributed by atoms with Crippen molar-refractivity contribution in [2.45, 2.75) is 6.10 Å². The van der Waals surface area contributed by atoms with Crippen LogP contribution in [0.2, 0.25) is 0 Å². The second-order valence-corrected chi connectivity index (χ2v) is 4.84. The number of nitrogens with one attached hydrogen (secondary N) is 1. The highest BCUT2D eigenvalue weighted by Crippen LogP contribution is 2.12. The van der Waals surface area contributed by atoms with Gasteiger partial charge in [0.05, 0.1) is 18.3 Å². The second-order valence-electron chi connectivity index (χ2n) is 4.40. The molecule has 0 aliphatic carbocycles. The van der Waals surface area contributed by atoms with Crippen molar-refractivity contribution in [2.75, 3.05) is 38.6 Å². The zero-order valence-electron chi connectivity index (χ0n) is 10.4. The Morgan fingerprint density at radius 3 is 3.28 bits per heavy atom. The lowest BCUT2D eigenvalue weighted by molar-refractivity contribution is -0.0117. The van der Waals surface area contributed by atoms with Crippen molar-refractivity contribution >= 4 is 23.0 Å². The number of aromatic nitrogens is 1. The van der Waals surface area contributed by atoms with Crippen LogP contribution in [-0.4, -0.2) is 54.3 Å². The van der Waals surface area contributed by atoms with Crippen LogP contribution in [-0.2, 0) is 4.74 Å². The number of likely N-dealkylation sites (N-methyl/N-ethyl adjacent to an activating group) is 1. The molecule has 0 radical (unpaired) electrons. The van der Waals surface area contributed by atoms with Crippen LogP contribution in [0.3, 0.4) is 0 Å². The molecule has 2 rings (SSSR count). The maximum absolute atomic E-state index is 5.67. The predicted molar refractivity (Wildman–Crippen MR) is 75.9 cm³/mol. The molecule has 1 aliphatic rings. The topological polar surface area (TPSA) is 63.4 Å². The Hall–Kier alpha value is -1.24. The molecule has 1 aromatic heterocycles. The van der Waals surface area contributed by atoms with Crippen molar-refractivity contribution in [1.29, 1.82) is 0 Å². The third-order valence-electron chi connectivity index (χ3n) is 2.91. The average Bonchev–Trinajstić information content (AvgIpc) is 2.37. The van der Waals surface area contributed by atoms with E-state index in [9.17, 15) is 0 Å². The minimum Gasteiger partial charge on any atom is -0.389 e. The Labute approximate surface area is 112 Å². The molecule has 18 heavy (non-hydrogen) atoms. The number of nitrogens with zero attached hydrogens (tertiary/aromatic N) is 2. The smallest absolute Gasteiger partial charge is 0.136 e. The van der Waals surface area contributed by atoms with Crippen molar-refractivity contribution in [3.63, 3.8) is 0 Å². The molecule has 1 aromatic rings. The summed E-state index contributed by atoms with van der Waals surface area (Å²) < 4.78 is 5.67. The summed E-state index contributed by atoms with van der Waals surface area (Å²) in [6.07, 6.45) is 1.89. The molecule has 0 aromatic carbocycles. The molecule has 6 heteroatoms. The zero-order valence-corrected chi connectivity index (χ0v) is 11.2. The van der Waals surface area contributed by atoms with Gasteiger partial charge in [-0.05, 0) is 19.2 Å². The molecular formula is C12H18N4OS. The van der Waals surface area contributed by atoms with Crippen molar-refractivity contribution in [3.8, 4) is 0 Å². The Balaban J connectivity index is 1.95. The number of hydrogen-bond donors (Lipinski definition) is 2. The van der Waals surface area contributed by atoms with E-state index in [4.69, 9.17) is 22.7 Å². The average molecular weight is 266 g/mol. The van der Waals surface area contributed by atoms with Crippen LogP contribution in [0.15, 0.2) is 18.3 Å². The van der Waals surface area contributed by atoms with Crippen molar-refractivity contribution in [3.05, 3.63) is 23.9 Å². The summed E-state index contributed by atoms with van der Waals surface area (Å²) >= 11 is 5.00. The third-order valence-corrected chi connectivity index (χ3v) is 3.13. The van der Waals surface area contributed by atoms with E-state index in [-0.39, 0.29) is 6.10 Å². The predicted octanol–water partition coefficient (Wildman–Crippen LogP) is 0.458. The monoisotopic (exact) mass is 266 g/mol. The first kappa shape index (κ1) is 13.2. The van der Waals surface area contributed by atoms with Crippen molar-refractivity contribution in [2.24, 2.45) is 5.73 Å². The van der Waals surface area contributed by atoms with Gasteiger partial charge in [0.2, 0.25) is 0 Å². The zero-order chi connectivity index (χ0) is 13.0. The number of thiocarbonyl (C=S) groups is 1. The molecule has 98 valence electrons. The van der Waals surface area contributed by atoms with Gasteiger partial charge in [-0.15, -0.1) is 0 Å². The molecule has 1 unspecified atom stereocenters. The molecular weight excluding hydrogens is 248 g/mol. The summed E-state index contributed by atoms with van der Waals surface area (Å²) in [4.78, 5) is 6.86.